The quantitative estimate of drug-likeness (QED) is 0.511. The van der Waals surface area contributed by atoms with E-state index in [-0.39, 0.29) is 18.3 Å². The molecule has 134 valence electrons. The Kier molecular flexibility index (Phi) is 4.77. The number of ether oxygens (including phenoxy) is 1. The van der Waals surface area contributed by atoms with Gasteiger partial charge in [0.15, 0.2) is 5.76 Å². The third kappa shape index (κ3) is 3.93. The van der Waals surface area contributed by atoms with E-state index in [1.165, 1.54) is 0 Å². The minimum absolute atomic E-state index is 0.198. The molecule has 2 aromatic carbocycles. The summed E-state index contributed by atoms with van der Waals surface area (Å²) in [4.78, 5) is 16.8. The number of hydrogen-bond donors (Lipinski definition) is 1. The number of carbonyl (C=O) groups excluding carboxylic acids is 1. The predicted octanol–water partition coefficient (Wildman–Crippen LogP) is 5.31. The van der Waals surface area contributed by atoms with E-state index in [9.17, 15) is 4.79 Å². The Hall–Kier alpha value is -3.31. The summed E-state index contributed by atoms with van der Waals surface area (Å²) < 4.78 is 11.2. The summed E-state index contributed by atoms with van der Waals surface area (Å²) in [6, 6.07) is 19.8. The third-order valence-electron chi connectivity index (χ3n) is 3.94. The Labute approximate surface area is 160 Å². The first-order chi connectivity index (χ1) is 13.2. The highest BCUT2D eigenvalue weighted by Gasteiger charge is 2.13. The third-order valence-corrected chi connectivity index (χ3v) is 4.18. The second kappa shape index (κ2) is 7.51. The monoisotopic (exact) mass is 378 g/mol. The average molecular weight is 379 g/mol. The number of furan rings is 1. The lowest BCUT2D eigenvalue weighted by atomic mass is 10.2. The molecule has 0 saturated heterocycles. The number of hydrogen-bond acceptors (Lipinski definition) is 4. The van der Waals surface area contributed by atoms with Crippen LogP contribution >= 0.6 is 11.6 Å². The van der Waals surface area contributed by atoms with Crippen LogP contribution < -0.4 is 10.1 Å². The Bertz CT molecular complexity index is 1100. The number of rotatable bonds is 5. The van der Waals surface area contributed by atoms with Crippen LogP contribution in [0.1, 0.15) is 16.3 Å². The number of aromatic nitrogens is 1. The average Bonchev–Trinajstić information content (AvgIpc) is 3.16. The van der Waals surface area contributed by atoms with Crippen LogP contribution in [0.2, 0.25) is 5.02 Å². The molecule has 0 bridgehead atoms. The molecule has 2 aromatic heterocycles. The molecule has 0 fully saturated rings. The molecular formula is C21H15ClN2O3. The van der Waals surface area contributed by atoms with Crippen molar-refractivity contribution in [2.45, 2.75) is 6.61 Å². The van der Waals surface area contributed by atoms with Gasteiger partial charge in [-0.2, -0.15) is 0 Å². The molecule has 4 aromatic rings. The number of halogens is 1. The van der Waals surface area contributed by atoms with E-state index in [2.05, 4.69) is 10.3 Å². The van der Waals surface area contributed by atoms with Crippen molar-refractivity contribution in [2.24, 2.45) is 0 Å². The van der Waals surface area contributed by atoms with E-state index in [4.69, 9.17) is 20.8 Å². The van der Waals surface area contributed by atoms with Crippen LogP contribution in [0.5, 0.6) is 5.75 Å². The molecule has 1 N–H and O–H groups in total. The van der Waals surface area contributed by atoms with Gasteiger partial charge in [0.25, 0.3) is 5.91 Å². The maximum Gasteiger partial charge on any atom is 0.291 e. The van der Waals surface area contributed by atoms with Gasteiger partial charge in [0.2, 0.25) is 0 Å². The van der Waals surface area contributed by atoms with Crippen molar-refractivity contribution < 1.29 is 13.9 Å². The molecule has 0 unspecified atom stereocenters. The highest BCUT2D eigenvalue weighted by molar-refractivity contribution is 6.30. The lowest BCUT2D eigenvalue weighted by Crippen LogP contribution is -2.11. The first-order valence-electron chi connectivity index (χ1n) is 8.31. The van der Waals surface area contributed by atoms with Gasteiger partial charge in [-0.3, -0.25) is 9.78 Å². The molecule has 0 spiro atoms. The number of para-hydroxylation sites is 1. The molecule has 0 aliphatic rings. The molecule has 27 heavy (non-hydrogen) atoms. The molecular weight excluding hydrogens is 364 g/mol. The van der Waals surface area contributed by atoms with E-state index in [1.807, 2.05) is 24.3 Å². The van der Waals surface area contributed by atoms with Crippen LogP contribution in [0, 0.1) is 0 Å². The number of anilines is 1. The molecule has 2 heterocycles. The van der Waals surface area contributed by atoms with Gasteiger partial charge in [0.05, 0.1) is 11.2 Å². The SMILES string of the molecule is O=C(Nc1cccc2cccnc12)c1ccc(COc2cccc(Cl)c2)o1. The molecule has 0 atom stereocenters. The Morgan fingerprint density at radius 2 is 1.93 bits per heavy atom. The van der Waals surface area contributed by atoms with Gasteiger partial charge >= 0.3 is 0 Å². The Morgan fingerprint density at radius 1 is 1.07 bits per heavy atom. The number of nitrogens with zero attached hydrogens (tertiary/aromatic N) is 1. The van der Waals surface area contributed by atoms with Gasteiger partial charge in [-0.15, -0.1) is 0 Å². The Balaban J connectivity index is 1.45. The van der Waals surface area contributed by atoms with Gasteiger partial charge < -0.3 is 14.5 Å². The fourth-order valence-corrected chi connectivity index (χ4v) is 2.86. The summed E-state index contributed by atoms with van der Waals surface area (Å²) in [5, 5.41) is 4.39. The Morgan fingerprint density at radius 3 is 2.81 bits per heavy atom. The number of benzene rings is 2. The van der Waals surface area contributed by atoms with Gasteiger partial charge in [0.1, 0.15) is 18.1 Å². The topological polar surface area (TPSA) is 64.4 Å². The smallest absolute Gasteiger partial charge is 0.291 e. The highest BCUT2D eigenvalue weighted by Crippen LogP contribution is 2.22. The largest absolute Gasteiger partial charge is 0.486 e. The zero-order chi connectivity index (χ0) is 18.6. The van der Waals surface area contributed by atoms with Crippen LogP contribution in [-0.4, -0.2) is 10.9 Å². The molecule has 0 saturated carbocycles. The number of carbonyl (C=O) groups is 1. The summed E-state index contributed by atoms with van der Waals surface area (Å²) in [5.41, 5.74) is 1.36. The van der Waals surface area contributed by atoms with Crippen molar-refractivity contribution in [1.82, 2.24) is 4.98 Å². The minimum atomic E-state index is -0.345. The zero-order valence-electron chi connectivity index (χ0n) is 14.2. The van der Waals surface area contributed by atoms with Crippen molar-refractivity contribution in [2.75, 3.05) is 5.32 Å². The zero-order valence-corrected chi connectivity index (χ0v) is 14.9. The summed E-state index contributed by atoms with van der Waals surface area (Å²) >= 11 is 5.93. The van der Waals surface area contributed by atoms with E-state index >= 15 is 0 Å². The van der Waals surface area contributed by atoms with Crippen LogP contribution in [0.3, 0.4) is 0 Å². The van der Waals surface area contributed by atoms with Crippen LogP contribution in [-0.2, 0) is 6.61 Å². The van der Waals surface area contributed by atoms with Crippen molar-refractivity contribution >= 4 is 34.1 Å². The predicted molar refractivity (Wildman–Crippen MR) is 104 cm³/mol. The van der Waals surface area contributed by atoms with Gasteiger partial charge in [0, 0.05) is 16.6 Å². The van der Waals surface area contributed by atoms with Crippen molar-refractivity contribution in [3.05, 3.63) is 89.5 Å². The highest BCUT2D eigenvalue weighted by atomic mass is 35.5. The van der Waals surface area contributed by atoms with E-state index in [0.29, 0.717) is 22.2 Å². The van der Waals surface area contributed by atoms with Gasteiger partial charge in [-0.25, -0.2) is 0 Å². The van der Waals surface area contributed by atoms with E-state index in [0.717, 1.165) is 10.9 Å². The molecule has 4 rings (SSSR count). The minimum Gasteiger partial charge on any atom is -0.486 e. The van der Waals surface area contributed by atoms with Gasteiger partial charge in [-0.1, -0.05) is 35.9 Å². The first kappa shape index (κ1) is 17.1. The molecule has 1 amide bonds. The van der Waals surface area contributed by atoms with E-state index < -0.39 is 0 Å². The van der Waals surface area contributed by atoms with Crippen LogP contribution in [0.15, 0.2) is 77.3 Å². The molecule has 0 aliphatic carbocycles. The second-order valence-electron chi connectivity index (χ2n) is 5.85. The fourth-order valence-electron chi connectivity index (χ4n) is 2.68. The molecule has 0 radical (unpaired) electrons. The van der Waals surface area contributed by atoms with Crippen molar-refractivity contribution in [1.29, 1.82) is 0 Å². The summed E-state index contributed by atoms with van der Waals surface area (Å²) in [6.45, 7) is 0.198. The standard InChI is InChI=1S/C21H15ClN2O3/c22-15-6-2-7-16(12-15)26-13-17-9-10-19(27-17)21(25)24-18-8-1-4-14-5-3-11-23-20(14)18/h1-12H,13H2,(H,24,25). The summed E-state index contributed by atoms with van der Waals surface area (Å²) in [7, 11) is 0. The molecule has 6 heteroatoms. The van der Waals surface area contributed by atoms with E-state index in [1.54, 1.807) is 48.7 Å². The summed E-state index contributed by atoms with van der Waals surface area (Å²) in [5.74, 6) is 1.03. The number of amides is 1. The maximum absolute atomic E-state index is 12.5. The van der Waals surface area contributed by atoms with Gasteiger partial charge in [-0.05, 0) is 42.5 Å². The number of fused-ring (bicyclic) bond motifs is 1. The van der Waals surface area contributed by atoms with Crippen molar-refractivity contribution in [3.63, 3.8) is 0 Å². The van der Waals surface area contributed by atoms with Crippen molar-refractivity contribution in [3.8, 4) is 5.75 Å². The normalized spacial score (nSPS) is 10.7. The fraction of sp³-hybridized carbons (Fsp3) is 0.0476. The first-order valence-corrected chi connectivity index (χ1v) is 8.69. The second-order valence-corrected chi connectivity index (χ2v) is 6.28. The number of pyridine rings is 1. The molecule has 0 aliphatic heterocycles. The lowest BCUT2D eigenvalue weighted by Gasteiger charge is -2.06. The van der Waals surface area contributed by atoms with Crippen LogP contribution in [0.4, 0.5) is 5.69 Å². The number of nitrogens with one attached hydrogen (secondary N) is 1. The lowest BCUT2D eigenvalue weighted by molar-refractivity contribution is 0.0992. The van der Waals surface area contributed by atoms with Crippen LogP contribution in [0.25, 0.3) is 10.9 Å². The molecule has 5 nitrogen and oxygen atoms in total. The summed E-state index contributed by atoms with van der Waals surface area (Å²) in [6.07, 6.45) is 1.69. The maximum atomic E-state index is 12.5.